The zero-order valence-electron chi connectivity index (χ0n) is 20.1. The molecular weight excluding hydrogens is 496 g/mol. The second-order valence-corrected chi connectivity index (χ2v) is 8.32. The molecule has 0 saturated carbocycles. The molecule has 0 aromatic rings. The minimum absolute atomic E-state index is 0. The Morgan fingerprint density at radius 3 is 0.969 bits per heavy atom. The van der Waals surface area contributed by atoms with E-state index in [0.717, 1.165) is 6.42 Å². The van der Waals surface area contributed by atoms with Crippen LogP contribution in [0.5, 0.6) is 0 Å². The van der Waals surface area contributed by atoms with Crippen LogP contribution in [0.2, 0.25) is 0 Å². The van der Waals surface area contributed by atoms with Crippen LogP contribution in [0.25, 0.3) is 0 Å². The van der Waals surface area contributed by atoms with E-state index >= 15 is 0 Å². The van der Waals surface area contributed by atoms with E-state index in [1.54, 1.807) is 20.8 Å². The van der Waals surface area contributed by atoms with Gasteiger partial charge in [-0.2, -0.15) is 0 Å². The predicted octanol–water partition coefficient (Wildman–Crippen LogP) is 2.84. The second-order valence-electron chi connectivity index (χ2n) is 5.95. The first-order chi connectivity index (χ1) is 14.7. The summed E-state index contributed by atoms with van der Waals surface area (Å²) in [5, 5.41) is 8.57. The first-order valence-electron chi connectivity index (χ1n) is 10.8. The molecule has 1 N–H and O–H groups in total. The van der Waals surface area contributed by atoms with Gasteiger partial charge in [0.25, 0.3) is 0 Å². The number of aliphatic hydroxyl groups is 1. The molecule has 10 nitrogen and oxygen atoms in total. The fraction of sp³-hybridized carbons (Fsp3) is 1.00. The van der Waals surface area contributed by atoms with Gasteiger partial charge in [0.1, 0.15) is 24.8 Å². The minimum Gasteiger partial charge on any atom is -0.781 e. The maximum Gasteiger partial charge on any atom is 3.00 e. The van der Waals surface area contributed by atoms with Gasteiger partial charge in [0.2, 0.25) is 0 Å². The van der Waals surface area contributed by atoms with Crippen LogP contribution < -0.4 is 14.7 Å². The molecule has 0 heterocycles. The van der Waals surface area contributed by atoms with Crippen molar-refractivity contribution in [2.45, 2.75) is 91.9 Å². The Bertz CT molecular complexity index is 346. The Hall–Kier alpha value is 0.942. The van der Waals surface area contributed by atoms with Gasteiger partial charge in [-0.1, -0.05) is 64.7 Å². The van der Waals surface area contributed by atoms with Crippen LogP contribution in [0.4, 0.5) is 0 Å². The van der Waals surface area contributed by atoms with Crippen molar-refractivity contribution in [2.24, 2.45) is 0 Å². The van der Waals surface area contributed by atoms with Gasteiger partial charge in [-0.3, -0.25) is 0 Å². The Morgan fingerprint density at radius 1 is 0.562 bits per heavy atom. The van der Waals surface area contributed by atoms with E-state index in [0.29, 0.717) is 6.61 Å². The molecule has 0 aliphatic heterocycles. The van der Waals surface area contributed by atoms with E-state index in [2.05, 4.69) is 20.5 Å². The third-order valence-electron chi connectivity index (χ3n) is 3.30. The van der Waals surface area contributed by atoms with Gasteiger partial charge in [0.05, 0.1) is 0 Å². The first kappa shape index (κ1) is 43.0. The van der Waals surface area contributed by atoms with Crippen molar-refractivity contribution in [1.82, 2.24) is 0 Å². The van der Waals surface area contributed by atoms with Crippen molar-refractivity contribution in [3.63, 3.8) is 0 Å². The van der Waals surface area contributed by atoms with E-state index in [9.17, 15) is 28.4 Å². The Balaban J connectivity index is -0.000000109. The number of unbranched alkanes of at least 4 members (excludes halogenated alkanes) is 9. The molecule has 0 fully saturated rings. The van der Waals surface area contributed by atoms with Gasteiger partial charge in [0, 0.05) is 26.4 Å². The van der Waals surface area contributed by atoms with Crippen molar-refractivity contribution in [2.75, 3.05) is 26.4 Å². The van der Waals surface area contributed by atoms with E-state index < -0.39 is 24.8 Å². The smallest absolute Gasteiger partial charge is 0.781 e. The van der Waals surface area contributed by atoms with Crippen LogP contribution in [0, 0.1) is 0 Å². The average molecular weight is 540 g/mol. The summed E-state index contributed by atoms with van der Waals surface area (Å²) in [6.07, 6.45) is 13.3. The molecule has 194 valence electrons. The maximum atomic E-state index is 9.45. The summed E-state index contributed by atoms with van der Waals surface area (Å²) in [5.74, 6) is 0. The number of rotatable bonds is 16. The molecule has 0 aromatic carbocycles. The molecule has 0 radical (unpaired) electrons. The predicted molar refractivity (Wildman–Crippen MR) is 127 cm³/mol. The van der Waals surface area contributed by atoms with Crippen molar-refractivity contribution in [3.05, 3.63) is 0 Å². The molecule has 3 unspecified atom stereocenters. The van der Waals surface area contributed by atoms with Crippen LogP contribution in [-0.4, -0.2) is 48.9 Å². The molecule has 0 aliphatic rings. The molecule has 0 saturated heterocycles. The monoisotopic (exact) mass is 540 g/mol. The summed E-state index contributed by atoms with van der Waals surface area (Å²) >= 11 is 0. The Labute approximate surface area is 207 Å². The van der Waals surface area contributed by atoms with Gasteiger partial charge >= 0.3 is 17.4 Å². The van der Waals surface area contributed by atoms with E-state index in [-0.39, 0.29) is 37.2 Å². The molecule has 3 atom stereocenters. The van der Waals surface area contributed by atoms with Gasteiger partial charge in [-0.05, 0) is 27.2 Å². The summed E-state index contributed by atoms with van der Waals surface area (Å²) < 4.78 is 40.5. The Morgan fingerprint density at radius 2 is 0.812 bits per heavy atom. The summed E-state index contributed by atoms with van der Waals surface area (Å²) in [6.45, 7) is 8.26. The van der Waals surface area contributed by atoms with Crippen LogP contribution in [0.1, 0.15) is 91.9 Å². The van der Waals surface area contributed by atoms with Crippen molar-refractivity contribution < 1.29 is 47.1 Å². The third kappa shape index (κ3) is 69.8. The van der Waals surface area contributed by atoms with Crippen LogP contribution >= 0.6 is 24.8 Å². The molecule has 0 aromatic heterocycles. The van der Waals surface area contributed by atoms with Gasteiger partial charge < -0.3 is 47.1 Å². The summed E-state index contributed by atoms with van der Waals surface area (Å²) in [7, 11) is -8.66. The van der Waals surface area contributed by atoms with E-state index in [4.69, 9.17) is 5.11 Å². The largest absolute Gasteiger partial charge is 3.00 e. The number of hydrogen-bond acceptors (Lipinski definition) is 10. The number of hydrogen-bond donors (Lipinski definition) is 1. The standard InChI is InChI=1S/C12H26O.3C2H7O3P.Al/c1-2-3-4-5-6-7-8-9-10-11-12-13;3*1-2-5-6(3)4;/h13H,2-12H2,1H3;3*6H,2H2,1H3,(H,3,4);/q;;;;+3/p-3. The van der Waals surface area contributed by atoms with Crippen LogP contribution in [-0.2, 0) is 27.3 Å². The zero-order chi connectivity index (χ0) is 24.8. The zero-order valence-corrected chi connectivity index (χ0v) is 24.3. The number of aliphatic hydroxyl groups excluding tert-OH is 1. The average Bonchev–Trinajstić information content (AvgIpc) is 2.68. The molecule has 0 amide bonds. The van der Waals surface area contributed by atoms with Crippen molar-refractivity contribution in [3.8, 4) is 0 Å². The second kappa shape index (κ2) is 42.1. The first-order valence-corrected chi connectivity index (χ1v) is 14.5. The SMILES string of the molecule is CCCCCCCCCCCCO.CCO[PH](=O)[O-].CCO[PH](=O)[O-].CCO[PH](=O)[O-].[Al+3]. The molecule has 0 spiro atoms. The van der Waals surface area contributed by atoms with Gasteiger partial charge in [0.15, 0.2) is 0 Å². The molecule has 0 rings (SSSR count). The summed E-state index contributed by atoms with van der Waals surface area (Å²) in [6, 6.07) is 0. The molecule has 32 heavy (non-hydrogen) atoms. The molecule has 14 heteroatoms. The van der Waals surface area contributed by atoms with Gasteiger partial charge in [-0.15, -0.1) is 0 Å². The quantitative estimate of drug-likeness (QED) is 0.175. The molecular formula is C18H44AlO10P3. The van der Waals surface area contributed by atoms with Crippen LogP contribution in [0.15, 0.2) is 0 Å². The van der Waals surface area contributed by atoms with Crippen molar-refractivity contribution >= 4 is 42.1 Å². The van der Waals surface area contributed by atoms with E-state index in [1.807, 2.05) is 0 Å². The Kier molecular flexibility index (Phi) is 56.7. The fourth-order valence-electron chi connectivity index (χ4n) is 1.95. The summed E-state index contributed by atoms with van der Waals surface area (Å²) in [5.41, 5.74) is 0. The van der Waals surface area contributed by atoms with E-state index in [1.165, 1.54) is 57.8 Å². The minimum atomic E-state index is -2.89. The summed E-state index contributed by atoms with van der Waals surface area (Å²) in [4.78, 5) is 28.4. The fourth-order valence-corrected chi connectivity index (χ4v) is 2.66. The third-order valence-corrected chi connectivity index (χ3v) is 4.87. The maximum absolute atomic E-state index is 9.45. The molecule has 0 aliphatic carbocycles. The van der Waals surface area contributed by atoms with Crippen LogP contribution in [0.3, 0.4) is 0 Å². The molecule has 0 bridgehead atoms. The normalized spacial score (nSPS) is 12.4. The van der Waals surface area contributed by atoms with Crippen molar-refractivity contribution in [1.29, 1.82) is 0 Å². The van der Waals surface area contributed by atoms with Gasteiger partial charge in [-0.25, -0.2) is 0 Å². The topological polar surface area (TPSA) is 168 Å².